The highest BCUT2D eigenvalue weighted by molar-refractivity contribution is 7.98. The SMILES string of the molecule is CCCSCc1noc(/C=C/c2cccc(N)c2)n1. The molecule has 1 aromatic heterocycles. The van der Waals surface area contributed by atoms with Crippen molar-refractivity contribution >= 4 is 29.6 Å². The molecule has 0 unspecified atom stereocenters. The number of hydrogen-bond acceptors (Lipinski definition) is 5. The highest BCUT2D eigenvalue weighted by Gasteiger charge is 2.02. The Labute approximate surface area is 117 Å². The summed E-state index contributed by atoms with van der Waals surface area (Å²) in [5.74, 6) is 3.17. The number of rotatable bonds is 6. The van der Waals surface area contributed by atoms with Crippen molar-refractivity contribution < 1.29 is 4.52 Å². The first kappa shape index (κ1) is 13.7. The fourth-order valence-corrected chi connectivity index (χ4v) is 2.26. The number of thioether (sulfide) groups is 1. The third kappa shape index (κ3) is 4.44. The Kier molecular flexibility index (Phi) is 5.03. The van der Waals surface area contributed by atoms with Crippen LogP contribution in [0.2, 0.25) is 0 Å². The number of nitrogens with zero attached hydrogens (tertiary/aromatic N) is 2. The maximum atomic E-state index is 5.71. The van der Waals surface area contributed by atoms with Crippen LogP contribution in [0.1, 0.15) is 30.6 Å². The van der Waals surface area contributed by atoms with E-state index >= 15 is 0 Å². The molecule has 2 rings (SSSR count). The second kappa shape index (κ2) is 6.99. The van der Waals surface area contributed by atoms with Gasteiger partial charge in [-0.25, -0.2) is 0 Å². The number of nitrogen functional groups attached to an aromatic ring is 1. The van der Waals surface area contributed by atoms with Crippen LogP contribution in [0, 0.1) is 0 Å². The molecule has 4 nitrogen and oxygen atoms in total. The molecule has 0 aliphatic rings. The first-order valence-corrected chi connectivity index (χ1v) is 7.37. The number of anilines is 1. The van der Waals surface area contributed by atoms with Gasteiger partial charge in [0.05, 0.1) is 5.75 Å². The summed E-state index contributed by atoms with van der Waals surface area (Å²) in [6.07, 6.45) is 4.87. The first-order chi connectivity index (χ1) is 9.28. The van der Waals surface area contributed by atoms with Gasteiger partial charge >= 0.3 is 0 Å². The minimum Gasteiger partial charge on any atom is -0.399 e. The lowest BCUT2D eigenvalue weighted by atomic mass is 10.2. The van der Waals surface area contributed by atoms with Crippen LogP contribution in [0.25, 0.3) is 12.2 Å². The largest absolute Gasteiger partial charge is 0.399 e. The van der Waals surface area contributed by atoms with Gasteiger partial charge in [-0.2, -0.15) is 16.7 Å². The van der Waals surface area contributed by atoms with E-state index in [9.17, 15) is 0 Å². The molecule has 19 heavy (non-hydrogen) atoms. The van der Waals surface area contributed by atoms with Crippen molar-refractivity contribution in [3.63, 3.8) is 0 Å². The van der Waals surface area contributed by atoms with Gasteiger partial charge in [0.15, 0.2) is 5.82 Å². The highest BCUT2D eigenvalue weighted by Crippen LogP contribution is 2.13. The predicted octanol–water partition coefficient (Wildman–Crippen LogP) is 3.47. The predicted molar refractivity (Wildman–Crippen MR) is 80.5 cm³/mol. The molecule has 0 amide bonds. The smallest absolute Gasteiger partial charge is 0.250 e. The van der Waals surface area contributed by atoms with Crippen molar-refractivity contribution in [2.45, 2.75) is 19.1 Å². The summed E-state index contributed by atoms with van der Waals surface area (Å²) in [4.78, 5) is 4.30. The van der Waals surface area contributed by atoms with E-state index in [4.69, 9.17) is 10.3 Å². The molecule has 0 saturated carbocycles. The van der Waals surface area contributed by atoms with E-state index in [1.165, 1.54) is 0 Å². The number of hydrogen-bond donors (Lipinski definition) is 1. The molecule has 0 spiro atoms. The Morgan fingerprint density at radius 1 is 1.37 bits per heavy atom. The summed E-state index contributed by atoms with van der Waals surface area (Å²) in [5, 5.41) is 3.93. The van der Waals surface area contributed by atoms with Crippen LogP contribution in [0.5, 0.6) is 0 Å². The van der Waals surface area contributed by atoms with Gasteiger partial charge in [0.1, 0.15) is 0 Å². The molecule has 0 radical (unpaired) electrons. The highest BCUT2D eigenvalue weighted by atomic mass is 32.2. The van der Waals surface area contributed by atoms with Crippen molar-refractivity contribution in [1.29, 1.82) is 0 Å². The van der Waals surface area contributed by atoms with Crippen molar-refractivity contribution in [1.82, 2.24) is 10.1 Å². The second-order valence-corrected chi connectivity index (χ2v) is 5.21. The molecule has 0 saturated heterocycles. The zero-order valence-corrected chi connectivity index (χ0v) is 11.7. The van der Waals surface area contributed by atoms with Gasteiger partial charge < -0.3 is 10.3 Å². The third-order valence-corrected chi connectivity index (χ3v) is 3.55. The normalized spacial score (nSPS) is 11.2. The molecule has 2 N–H and O–H groups in total. The van der Waals surface area contributed by atoms with Crippen molar-refractivity contribution in [3.05, 3.63) is 41.5 Å². The molecule has 0 aliphatic carbocycles. The Hall–Kier alpha value is -1.75. The topological polar surface area (TPSA) is 64.9 Å². The molecule has 0 atom stereocenters. The molecule has 1 heterocycles. The van der Waals surface area contributed by atoms with Crippen LogP contribution in [-0.2, 0) is 5.75 Å². The molecular weight excluding hydrogens is 258 g/mol. The maximum absolute atomic E-state index is 5.71. The Bertz CT molecular complexity index is 551. The van der Waals surface area contributed by atoms with Gasteiger partial charge in [0.25, 0.3) is 5.89 Å². The van der Waals surface area contributed by atoms with E-state index < -0.39 is 0 Å². The summed E-state index contributed by atoms with van der Waals surface area (Å²) < 4.78 is 5.15. The van der Waals surface area contributed by atoms with Gasteiger partial charge in [-0.05, 0) is 35.9 Å². The summed E-state index contributed by atoms with van der Waals surface area (Å²) >= 11 is 1.81. The van der Waals surface area contributed by atoms with Crippen LogP contribution < -0.4 is 5.73 Å². The van der Waals surface area contributed by atoms with Crippen LogP contribution in [0.15, 0.2) is 28.8 Å². The van der Waals surface area contributed by atoms with Crippen LogP contribution in [-0.4, -0.2) is 15.9 Å². The monoisotopic (exact) mass is 275 g/mol. The zero-order chi connectivity index (χ0) is 13.5. The fraction of sp³-hybridized carbons (Fsp3) is 0.286. The first-order valence-electron chi connectivity index (χ1n) is 6.22. The molecule has 0 aliphatic heterocycles. The van der Waals surface area contributed by atoms with Gasteiger partial charge in [-0.1, -0.05) is 24.2 Å². The van der Waals surface area contributed by atoms with Gasteiger partial charge in [-0.15, -0.1) is 0 Å². The lowest BCUT2D eigenvalue weighted by molar-refractivity contribution is 0.405. The van der Waals surface area contributed by atoms with Crippen LogP contribution in [0.3, 0.4) is 0 Å². The lowest BCUT2D eigenvalue weighted by Gasteiger charge is -1.94. The molecule has 1 aromatic carbocycles. The summed E-state index contributed by atoms with van der Waals surface area (Å²) in [5.41, 5.74) is 7.47. The van der Waals surface area contributed by atoms with E-state index in [1.54, 1.807) is 6.08 Å². The average Bonchev–Trinajstić information content (AvgIpc) is 2.85. The molecule has 0 bridgehead atoms. The standard InChI is InChI=1S/C14H17N3OS/c1-2-8-19-10-13-16-14(18-17-13)7-6-11-4-3-5-12(15)9-11/h3-7,9H,2,8,10,15H2,1H3/b7-6+. The van der Waals surface area contributed by atoms with E-state index in [0.29, 0.717) is 5.89 Å². The number of aromatic nitrogens is 2. The molecule has 100 valence electrons. The third-order valence-electron chi connectivity index (χ3n) is 2.39. The Morgan fingerprint density at radius 2 is 2.26 bits per heavy atom. The second-order valence-electron chi connectivity index (χ2n) is 4.10. The van der Waals surface area contributed by atoms with E-state index in [-0.39, 0.29) is 0 Å². The average molecular weight is 275 g/mol. The van der Waals surface area contributed by atoms with E-state index in [0.717, 1.165) is 35.0 Å². The minimum atomic E-state index is 0.523. The van der Waals surface area contributed by atoms with Crippen molar-refractivity contribution in [2.75, 3.05) is 11.5 Å². The molecule has 2 aromatic rings. The van der Waals surface area contributed by atoms with Gasteiger partial charge in [0.2, 0.25) is 0 Å². The molecule has 0 fully saturated rings. The van der Waals surface area contributed by atoms with Crippen LogP contribution >= 0.6 is 11.8 Å². The van der Waals surface area contributed by atoms with E-state index in [2.05, 4.69) is 17.1 Å². The Balaban J connectivity index is 1.95. The van der Waals surface area contributed by atoms with Crippen molar-refractivity contribution in [2.24, 2.45) is 0 Å². The molecule has 5 heteroatoms. The number of nitrogens with two attached hydrogens (primary N) is 1. The lowest BCUT2D eigenvalue weighted by Crippen LogP contribution is -1.85. The zero-order valence-electron chi connectivity index (χ0n) is 10.9. The minimum absolute atomic E-state index is 0.523. The maximum Gasteiger partial charge on any atom is 0.250 e. The quantitative estimate of drug-likeness (QED) is 0.646. The van der Waals surface area contributed by atoms with Crippen LogP contribution in [0.4, 0.5) is 5.69 Å². The van der Waals surface area contributed by atoms with E-state index in [1.807, 2.05) is 42.1 Å². The summed E-state index contributed by atoms with van der Waals surface area (Å²) in [7, 11) is 0. The molecular formula is C14H17N3OS. The van der Waals surface area contributed by atoms with Gasteiger partial charge in [-0.3, -0.25) is 0 Å². The number of benzene rings is 1. The fourth-order valence-electron chi connectivity index (χ4n) is 1.53. The van der Waals surface area contributed by atoms with Crippen molar-refractivity contribution in [3.8, 4) is 0 Å². The summed E-state index contributed by atoms with van der Waals surface area (Å²) in [6, 6.07) is 7.63. The summed E-state index contributed by atoms with van der Waals surface area (Å²) in [6.45, 7) is 2.16. The Morgan fingerprint density at radius 3 is 3.05 bits per heavy atom. The van der Waals surface area contributed by atoms with Gasteiger partial charge in [0, 0.05) is 11.8 Å².